The van der Waals surface area contributed by atoms with Crippen molar-refractivity contribution in [3.8, 4) is 61.8 Å². The number of pyridine rings is 2. The van der Waals surface area contributed by atoms with Gasteiger partial charge in [0.15, 0.2) is 0 Å². The maximum absolute atomic E-state index is 5.32. The number of nitrogens with zero attached hydrogens (tertiary/aromatic N) is 4. The molecule has 0 saturated carbocycles. The summed E-state index contributed by atoms with van der Waals surface area (Å²) < 4.78 is 2.12. The smallest absolute Gasteiger partial charge is 0.101 e. The van der Waals surface area contributed by atoms with Crippen LogP contribution in [0.3, 0.4) is 0 Å². The molecule has 0 aliphatic rings. The Hall–Kier alpha value is -6.65. The highest BCUT2D eigenvalue weighted by Crippen LogP contribution is 2.42. The van der Waals surface area contributed by atoms with Gasteiger partial charge in [0.25, 0.3) is 0 Å². The number of fused-ring (bicyclic) bond motifs is 3. The molecule has 49 heavy (non-hydrogen) atoms. The highest BCUT2D eigenvalue weighted by atomic mass is 15.3. The number of aromatic nitrogens is 4. The van der Waals surface area contributed by atoms with E-state index in [9.17, 15) is 0 Å². The van der Waals surface area contributed by atoms with Crippen LogP contribution in [-0.2, 0) is 0 Å². The van der Waals surface area contributed by atoms with Gasteiger partial charge in [-0.1, -0.05) is 127 Å². The third kappa shape index (κ3) is 5.26. The molecule has 0 bridgehead atoms. The molecule has 6 aromatic carbocycles. The first kappa shape index (κ1) is 28.6. The molecule has 0 unspecified atom stereocenters. The lowest BCUT2D eigenvalue weighted by Crippen LogP contribution is -1.97. The second kappa shape index (κ2) is 12.2. The number of rotatable bonds is 6. The molecule has 9 aromatic rings. The monoisotopic (exact) mass is 626 g/mol. The highest BCUT2D eigenvalue weighted by Gasteiger charge is 2.21. The van der Waals surface area contributed by atoms with Crippen molar-refractivity contribution >= 4 is 21.7 Å². The number of hydrogen-bond acceptors (Lipinski definition) is 3. The Kier molecular flexibility index (Phi) is 7.10. The summed E-state index contributed by atoms with van der Waals surface area (Å²) in [5.41, 5.74) is 12.5. The summed E-state index contributed by atoms with van der Waals surface area (Å²) in [6.07, 6.45) is 1.80. The Morgan fingerprint density at radius 1 is 0.429 bits per heavy atom. The molecule has 0 aliphatic carbocycles. The SMILES string of the molecule is c1ccc(-c2cc3cc(-c4ccc(-c5cccc(-c6ccccn6)n5)cc4)ccc3c3c2c(-c2ccccc2)nn3-c2ccccc2)cc1. The van der Waals surface area contributed by atoms with Crippen LogP contribution >= 0.6 is 0 Å². The van der Waals surface area contributed by atoms with E-state index in [1.807, 2.05) is 42.5 Å². The molecule has 9 rings (SSSR count). The molecule has 0 radical (unpaired) electrons. The molecular weight excluding hydrogens is 597 g/mol. The van der Waals surface area contributed by atoms with E-state index in [-0.39, 0.29) is 0 Å². The van der Waals surface area contributed by atoms with Gasteiger partial charge in [0.05, 0.1) is 28.3 Å². The van der Waals surface area contributed by atoms with Gasteiger partial charge in [-0.2, -0.15) is 5.10 Å². The normalized spacial score (nSPS) is 11.3. The van der Waals surface area contributed by atoms with E-state index >= 15 is 0 Å². The van der Waals surface area contributed by atoms with Gasteiger partial charge in [-0.05, 0) is 76.2 Å². The third-order valence-corrected chi connectivity index (χ3v) is 9.08. The first-order valence-corrected chi connectivity index (χ1v) is 16.5. The molecule has 230 valence electrons. The molecule has 0 amide bonds. The second-order valence-electron chi connectivity index (χ2n) is 12.1. The minimum atomic E-state index is 0.863. The van der Waals surface area contributed by atoms with Gasteiger partial charge in [0.1, 0.15) is 5.69 Å². The zero-order valence-corrected chi connectivity index (χ0v) is 26.6. The van der Waals surface area contributed by atoms with Gasteiger partial charge in [0.2, 0.25) is 0 Å². The van der Waals surface area contributed by atoms with E-state index in [4.69, 9.17) is 10.1 Å². The van der Waals surface area contributed by atoms with Gasteiger partial charge in [-0.15, -0.1) is 0 Å². The average molecular weight is 627 g/mol. The van der Waals surface area contributed by atoms with Gasteiger partial charge in [-0.25, -0.2) is 9.67 Å². The van der Waals surface area contributed by atoms with Crippen molar-refractivity contribution in [3.63, 3.8) is 0 Å². The lowest BCUT2D eigenvalue weighted by Gasteiger charge is -2.13. The molecule has 4 nitrogen and oxygen atoms in total. The van der Waals surface area contributed by atoms with Crippen molar-refractivity contribution in [1.29, 1.82) is 0 Å². The molecule has 0 atom stereocenters. The van der Waals surface area contributed by atoms with E-state index in [0.717, 1.165) is 83.5 Å². The van der Waals surface area contributed by atoms with E-state index in [0.29, 0.717) is 0 Å². The van der Waals surface area contributed by atoms with Crippen molar-refractivity contribution in [1.82, 2.24) is 19.7 Å². The maximum Gasteiger partial charge on any atom is 0.101 e. The first-order chi connectivity index (χ1) is 24.3. The zero-order valence-electron chi connectivity index (χ0n) is 26.6. The first-order valence-electron chi connectivity index (χ1n) is 16.5. The number of para-hydroxylation sites is 1. The van der Waals surface area contributed by atoms with E-state index < -0.39 is 0 Å². The largest absolute Gasteiger partial charge is 0.255 e. The van der Waals surface area contributed by atoms with Crippen LogP contribution in [0.4, 0.5) is 0 Å². The predicted molar refractivity (Wildman–Crippen MR) is 201 cm³/mol. The van der Waals surface area contributed by atoms with Crippen molar-refractivity contribution in [2.75, 3.05) is 0 Å². The third-order valence-electron chi connectivity index (χ3n) is 9.08. The summed E-state index contributed by atoms with van der Waals surface area (Å²) in [6.45, 7) is 0. The molecule has 0 aliphatic heterocycles. The average Bonchev–Trinajstić information content (AvgIpc) is 3.60. The van der Waals surface area contributed by atoms with Crippen molar-refractivity contribution in [2.24, 2.45) is 0 Å². The van der Waals surface area contributed by atoms with Crippen molar-refractivity contribution in [3.05, 3.63) is 182 Å². The fourth-order valence-electron chi connectivity index (χ4n) is 6.71. The van der Waals surface area contributed by atoms with Crippen LogP contribution in [0.1, 0.15) is 0 Å². The molecule has 0 saturated heterocycles. The van der Waals surface area contributed by atoms with E-state index in [1.165, 1.54) is 0 Å². The molecule has 4 heteroatoms. The fourth-order valence-corrected chi connectivity index (χ4v) is 6.71. The summed E-state index contributed by atoms with van der Waals surface area (Å²) in [5.74, 6) is 0. The standard InChI is InChI=1S/C45H30N4/c1-4-13-32(14-5-1)39-30-36-29-35(31-22-24-33(25-23-31)40-20-12-21-42(47-40)41-19-10-11-28-46-41)26-27-38(36)45-43(39)44(34-15-6-2-7-16-34)48-49(45)37-17-8-3-9-18-37/h1-30H. The summed E-state index contributed by atoms with van der Waals surface area (Å²) in [7, 11) is 0. The number of hydrogen-bond donors (Lipinski definition) is 0. The molecule has 3 heterocycles. The summed E-state index contributed by atoms with van der Waals surface area (Å²) in [5, 5.41) is 8.78. The molecular formula is C45H30N4. The van der Waals surface area contributed by atoms with Crippen LogP contribution in [0, 0.1) is 0 Å². The lowest BCUT2D eigenvalue weighted by molar-refractivity contribution is 0.918. The Morgan fingerprint density at radius 2 is 1.06 bits per heavy atom. The minimum Gasteiger partial charge on any atom is -0.255 e. The molecule has 0 N–H and O–H groups in total. The van der Waals surface area contributed by atoms with Crippen LogP contribution in [0.25, 0.3) is 83.5 Å². The molecule has 0 fully saturated rings. The van der Waals surface area contributed by atoms with Crippen LogP contribution in [0.5, 0.6) is 0 Å². The topological polar surface area (TPSA) is 43.6 Å². The van der Waals surface area contributed by atoms with Gasteiger partial charge in [-0.3, -0.25) is 4.98 Å². The van der Waals surface area contributed by atoms with Crippen molar-refractivity contribution < 1.29 is 0 Å². The Labute approximate surface area is 284 Å². The fraction of sp³-hybridized carbons (Fsp3) is 0. The Morgan fingerprint density at radius 3 is 1.80 bits per heavy atom. The number of benzene rings is 6. The minimum absolute atomic E-state index is 0.863. The quantitative estimate of drug-likeness (QED) is 0.184. The van der Waals surface area contributed by atoms with Crippen LogP contribution in [0.15, 0.2) is 182 Å². The van der Waals surface area contributed by atoms with E-state index in [1.54, 1.807) is 6.20 Å². The summed E-state index contributed by atoms with van der Waals surface area (Å²) >= 11 is 0. The van der Waals surface area contributed by atoms with Gasteiger partial charge < -0.3 is 0 Å². The maximum atomic E-state index is 5.32. The predicted octanol–water partition coefficient (Wildman–Crippen LogP) is 11.3. The Balaban J connectivity index is 1.21. The van der Waals surface area contributed by atoms with Crippen LogP contribution < -0.4 is 0 Å². The molecule has 0 spiro atoms. The van der Waals surface area contributed by atoms with Gasteiger partial charge in [0, 0.05) is 28.1 Å². The van der Waals surface area contributed by atoms with Gasteiger partial charge >= 0.3 is 0 Å². The zero-order chi connectivity index (χ0) is 32.6. The second-order valence-corrected chi connectivity index (χ2v) is 12.1. The molecule has 3 aromatic heterocycles. The highest BCUT2D eigenvalue weighted by molar-refractivity contribution is 6.17. The van der Waals surface area contributed by atoms with Crippen molar-refractivity contribution in [2.45, 2.75) is 0 Å². The Bertz CT molecular complexity index is 2560. The van der Waals surface area contributed by atoms with Crippen LogP contribution in [-0.4, -0.2) is 19.7 Å². The van der Waals surface area contributed by atoms with E-state index in [2.05, 4.69) is 143 Å². The lowest BCUT2D eigenvalue weighted by atomic mass is 9.92. The van der Waals surface area contributed by atoms with Crippen LogP contribution in [0.2, 0.25) is 0 Å². The summed E-state index contributed by atoms with van der Waals surface area (Å²) in [6, 6.07) is 61.4. The summed E-state index contributed by atoms with van der Waals surface area (Å²) in [4.78, 5) is 9.39.